The molecule has 0 atom stereocenters. The number of nitro groups is 1. The number of hydrogen-bond acceptors (Lipinski definition) is 4. The number of nitrogens with zero attached hydrogens (tertiary/aromatic N) is 1. The van der Waals surface area contributed by atoms with Crippen molar-refractivity contribution in [1.29, 1.82) is 0 Å². The Morgan fingerprint density at radius 2 is 1.90 bits per heavy atom. The van der Waals surface area contributed by atoms with E-state index in [1.807, 2.05) is 0 Å². The van der Waals surface area contributed by atoms with Gasteiger partial charge in [-0.25, -0.2) is 4.39 Å². The summed E-state index contributed by atoms with van der Waals surface area (Å²) < 4.78 is 13.8. The van der Waals surface area contributed by atoms with Gasteiger partial charge >= 0.3 is 0 Å². The summed E-state index contributed by atoms with van der Waals surface area (Å²) in [6, 6.07) is 8.18. The van der Waals surface area contributed by atoms with E-state index in [1.165, 1.54) is 24.3 Å². The molecule has 0 saturated heterocycles. The number of amides is 1. The molecule has 0 fully saturated rings. The van der Waals surface area contributed by atoms with Gasteiger partial charge in [0.25, 0.3) is 5.69 Å². The Morgan fingerprint density at radius 1 is 1.24 bits per heavy atom. The predicted molar refractivity (Wildman–Crippen MR) is 76.0 cm³/mol. The maximum Gasteiger partial charge on any atom is 0.293 e. The van der Waals surface area contributed by atoms with Crippen LogP contribution >= 0.6 is 0 Å². The Hall–Kier alpha value is -2.96. The van der Waals surface area contributed by atoms with Gasteiger partial charge in [-0.3, -0.25) is 14.9 Å². The number of aryl methyl sites for hydroxylation is 1. The maximum absolute atomic E-state index is 13.8. The Kier molecular flexibility index (Phi) is 3.84. The van der Waals surface area contributed by atoms with E-state index >= 15 is 0 Å². The highest BCUT2D eigenvalue weighted by atomic mass is 19.1. The number of anilines is 2. The molecule has 7 heteroatoms. The summed E-state index contributed by atoms with van der Waals surface area (Å²) in [4.78, 5) is 21.4. The Morgan fingerprint density at radius 3 is 2.48 bits per heavy atom. The molecule has 0 aromatic heterocycles. The third-order valence-corrected chi connectivity index (χ3v) is 2.87. The van der Waals surface area contributed by atoms with Crippen LogP contribution in [0.1, 0.15) is 15.9 Å². The van der Waals surface area contributed by atoms with Crippen molar-refractivity contribution < 1.29 is 14.1 Å². The molecule has 0 unspecified atom stereocenters. The summed E-state index contributed by atoms with van der Waals surface area (Å²) in [6.07, 6.45) is 0. The summed E-state index contributed by atoms with van der Waals surface area (Å²) in [7, 11) is 0. The van der Waals surface area contributed by atoms with Gasteiger partial charge in [0.2, 0.25) is 5.91 Å². The molecule has 2 aromatic carbocycles. The predicted octanol–water partition coefficient (Wildman–Crippen LogP) is 2.88. The van der Waals surface area contributed by atoms with Crippen LogP contribution in [0.15, 0.2) is 36.4 Å². The van der Waals surface area contributed by atoms with Crippen LogP contribution in [0.4, 0.5) is 21.5 Å². The van der Waals surface area contributed by atoms with E-state index in [2.05, 4.69) is 5.32 Å². The van der Waals surface area contributed by atoms with Crippen LogP contribution in [-0.4, -0.2) is 10.8 Å². The highest BCUT2D eigenvalue weighted by Crippen LogP contribution is 2.29. The first-order chi connectivity index (χ1) is 9.88. The number of primary amides is 1. The van der Waals surface area contributed by atoms with E-state index in [9.17, 15) is 19.3 Å². The molecular weight excluding hydrogens is 277 g/mol. The molecule has 0 spiro atoms. The maximum atomic E-state index is 13.8. The Labute approximate surface area is 119 Å². The molecule has 21 heavy (non-hydrogen) atoms. The molecule has 0 heterocycles. The summed E-state index contributed by atoms with van der Waals surface area (Å²) in [6.45, 7) is 1.73. The first kappa shape index (κ1) is 14.4. The largest absolute Gasteiger partial charge is 0.366 e. The van der Waals surface area contributed by atoms with Gasteiger partial charge in [0.15, 0.2) is 0 Å². The first-order valence-electron chi connectivity index (χ1n) is 6.00. The zero-order chi connectivity index (χ0) is 15.6. The number of nitrogens with two attached hydrogens (primary N) is 1. The van der Waals surface area contributed by atoms with Crippen molar-refractivity contribution >= 4 is 23.0 Å². The fourth-order valence-electron chi connectivity index (χ4n) is 1.81. The van der Waals surface area contributed by atoms with E-state index < -0.39 is 16.6 Å². The number of hydrogen-bond donors (Lipinski definition) is 2. The lowest BCUT2D eigenvalue weighted by molar-refractivity contribution is -0.383. The Balaban J connectivity index is 2.44. The lowest BCUT2D eigenvalue weighted by atomic mass is 10.1. The molecule has 0 radical (unpaired) electrons. The monoisotopic (exact) mass is 289 g/mol. The summed E-state index contributed by atoms with van der Waals surface area (Å²) in [5.41, 5.74) is 5.66. The number of nitrogens with one attached hydrogen (secondary N) is 1. The van der Waals surface area contributed by atoms with Gasteiger partial charge in [0.05, 0.1) is 10.6 Å². The molecule has 0 saturated carbocycles. The fraction of sp³-hybridized carbons (Fsp3) is 0.0714. The molecule has 0 aliphatic heterocycles. The lowest BCUT2D eigenvalue weighted by Crippen LogP contribution is -2.11. The number of carbonyl (C=O) groups is 1. The quantitative estimate of drug-likeness (QED) is 0.667. The van der Waals surface area contributed by atoms with Crippen molar-refractivity contribution in [2.45, 2.75) is 6.92 Å². The number of rotatable bonds is 4. The number of halogens is 1. The van der Waals surface area contributed by atoms with Crippen molar-refractivity contribution in [3.05, 3.63) is 63.5 Å². The van der Waals surface area contributed by atoms with Gasteiger partial charge < -0.3 is 11.1 Å². The topological polar surface area (TPSA) is 98.3 Å². The number of benzene rings is 2. The zero-order valence-corrected chi connectivity index (χ0v) is 11.1. The minimum atomic E-state index is -0.772. The van der Waals surface area contributed by atoms with Crippen molar-refractivity contribution in [2.24, 2.45) is 5.73 Å². The molecule has 0 bridgehead atoms. The highest BCUT2D eigenvalue weighted by Gasteiger charge is 2.17. The minimum absolute atomic E-state index is 0.0108. The first-order valence-corrected chi connectivity index (χ1v) is 6.00. The van der Waals surface area contributed by atoms with E-state index in [0.29, 0.717) is 0 Å². The van der Waals surface area contributed by atoms with Crippen LogP contribution in [0.25, 0.3) is 0 Å². The molecule has 2 aromatic rings. The van der Waals surface area contributed by atoms with Crippen LogP contribution in [0.3, 0.4) is 0 Å². The second-order valence-electron chi connectivity index (χ2n) is 4.46. The second-order valence-corrected chi connectivity index (χ2v) is 4.46. The van der Waals surface area contributed by atoms with Crippen molar-refractivity contribution in [2.75, 3.05) is 5.32 Å². The summed E-state index contributed by atoms with van der Waals surface area (Å²) >= 11 is 0. The van der Waals surface area contributed by atoms with Crippen LogP contribution in [0.5, 0.6) is 0 Å². The molecule has 0 aliphatic carbocycles. The van der Waals surface area contributed by atoms with E-state index in [0.717, 1.165) is 11.6 Å². The average molecular weight is 289 g/mol. The molecular formula is C14H12FN3O3. The average Bonchev–Trinajstić information content (AvgIpc) is 2.41. The third-order valence-electron chi connectivity index (χ3n) is 2.87. The van der Waals surface area contributed by atoms with Crippen LogP contribution in [-0.2, 0) is 0 Å². The minimum Gasteiger partial charge on any atom is -0.366 e. The Bertz CT molecular complexity index is 731. The summed E-state index contributed by atoms with van der Waals surface area (Å²) in [5, 5.41) is 13.7. The third kappa shape index (κ3) is 3.14. The van der Waals surface area contributed by atoms with Gasteiger partial charge in [0, 0.05) is 11.6 Å². The molecule has 0 aliphatic rings. The smallest absolute Gasteiger partial charge is 0.293 e. The number of carbonyl (C=O) groups excluding carboxylic acids is 1. The van der Waals surface area contributed by atoms with Gasteiger partial charge in [-0.05, 0) is 36.8 Å². The highest BCUT2D eigenvalue weighted by molar-refractivity contribution is 5.94. The van der Waals surface area contributed by atoms with Gasteiger partial charge in [0.1, 0.15) is 11.5 Å². The van der Waals surface area contributed by atoms with Crippen LogP contribution < -0.4 is 11.1 Å². The normalized spacial score (nSPS) is 10.2. The van der Waals surface area contributed by atoms with Gasteiger partial charge in [-0.15, -0.1) is 0 Å². The SMILES string of the molecule is Cc1ccc(Nc2ccc(C(N)=O)cc2[N+](=O)[O-])c(F)c1. The second kappa shape index (κ2) is 5.58. The van der Waals surface area contributed by atoms with Crippen molar-refractivity contribution in [3.8, 4) is 0 Å². The molecule has 3 N–H and O–H groups in total. The van der Waals surface area contributed by atoms with E-state index in [-0.39, 0.29) is 22.6 Å². The zero-order valence-electron chi connectivity index (χ0n) is 11.1. The number of nitro benzene ring substituents is 1. The molecule has 2 rings (SSSR count). The van der Waals surface area contributed by atoms with Crippen molar-refractivity contribution in [3.63, 3.8) is 0 Å². The van der Waals surface area contributed by atoms with Gasteiger partial charge in [-0.2, -0.15) is 0 Å². The standard InChI is InChI=1S/C14H12FN3O3/c1-8-2-4-11(10(15)6-8)17-12-5-3-9(14(16)19)7-13(12)18(20)21/h2-7,17H,1H3,(H2,16,19). The fourth-order valence-corrected chi connectivity index (χ4v) is 1.81. The van der Waals surface area contributed by atoms with Crippen LogP contribution in [0.2, 0.25) is 0 Å². The molecule has 1 amide bonds. The lowest BCUT2D eigenvalue weighted by Gasteiger charge is -2.09. The molecule has 108 valence electrons. The van der Waals surface area contributed by atoms with Crippen LogP contribution in [0, 0.1) is 22.9 Å². The summed E-state index contributed by atoms with van der Waals surface area (Å²) in [5.74, 6) is -1.30. The van der Waals surface area contributed by atoms with Crippen molar-refractivity contribution in [1.82, 2.24) is 0 Å². The van der Waals surface area contributed by atoms with E-state index in [1.54, 1.807) is 13.0 Å². The van der Waals surface area contributed by atoms with E-state index in [4.69, 9.17) is 5.73 Å². The van der Waals surface area contributed by atoms with Gasteiger partial charge in [-0.1, -0.05) is 6.07 Å². The molecule has 6 nitrogen and oxygen atoms in total.